The van der Waals surface area contributed by atoms with Gasteiger partial charge in [-0.05, 0) is 36.1 Å². The van der Waals surface area contributed by atoms with Crippen LogP contribution in [-0.2, 0) is 12.8 Å². The van der Waals surface area contributed by atoms with Crippen LogP contribution in [0.3, 0.4) is 0 Å². The summed E-state index contributed by atoms with van der Waals surface area (Å²) in [5.74, 6) is 0. The maximum atomic E-state index is 4.33. The zero-order valence-electron chi connectivity index (χ0n) is 8.56. The highest BCUT2D eigenvalue weighted by atomic mass is 32.1. The topological polar surface area (TPSA) is 0 Å². The summed E-state index contributed by atoms with van der Waals surface area (Å²) >= 11 is 4.33. The van der Waals surface area contributed by atoms with Crippen LogP contribution in [0.15, 0.2) is 59.5 Å². The molecular formula is C14H14S. The van der Waals surface area contributed by atoms with Crippen LogP contribution in [0.25, 0.3) is 0 Å². The fraction of sp³-hybridized carbons (Fsp3) is 0.143. The highest BCUT2D eigenvalue weighted by Crippen LogP contribution is 2.11. The molecule has 0 saturated carbocycles. The second-order valence-corrected chi connectivity index (χ2v) is 4.17. The molecule has 2 aromatic rings. The highest BCUT2D eigenvalue weighted by molar-refractivity contribution is 7.80. The summed E-state index contributed by atoms with van der Waals surface area (Å²) in [5.41, 5.74) is 2.74. The molecule has 0 atom stereocenters. The maximum Gasteiger partial charge on any atom is 0.00427 e. The molecule has 0 nitrogen and oxygen atoms in total. The molecule has 0 spiro atoms. The van der Waals surface area contributed by atoms with Gasteiger partial charge in [-0.3, -0.25) is 0 Å². The zero-order chi connectivity index (χ0) is 10.5. The van der Waals surface area contributed by atoms with Gasteiger partial charge in [0, 0.05) is 4.90 Å². The Kier molecular flexibility index (Phi) is 3.46. The number of rotatable bonds is 3. The van der Waals surface area contributed by atoms with E-state index < -0.39 is 0 Å². The first-order valence-corrected chi connectivity index (χ1v) is 5.61. The normalized spacial score (nSPS) is 10.2. The molecule has 0 radical (unpaired) electrons. The molecule has 76 valence electrons. The number of benzene rings is 2. The van der Waals surface area contributed by atoms with E-state index in [-0.39, 0.29) is 0 Å². The minimum absolute atomic E-state index is 1.04. The lowest BCUT2D eigenvalue weighted by atomic mass is 10.0. The quantitative estimate of drug-likeness (QED) is 0.739. The molecule has 0 aliphatic carbocycles. The van der Waals surface area contributed by atoms with E-state index >= 15 is 0 Å². The second kappa shape index (κ2) is 5.04. The summed E-state index contributed by atoms with van der Waals surface area (Å²) in [7, 11) is 0. The van der Waals surface area contributed by atoms with Gasteiger partial charge in [-0.25, -0.2) is 0 Å². The highest BCUT2D eigenvalue weighted by Gasteiger charge is 1.95. The summed E-state index contributed by atoms with van der Waals surface area (Å²) < 4.78 is 0. The van der Waals surface area contributed by atoms with E-state index in [1.165, 1.54) is 11.1 Å². The van der Waals surface area contributed by atoms with Gasteiger partial charge >= 0.3 is 0 Å². The minimum atomic E-state index is 1.04. The van der Waals surface area contributed by atoms with Gasteiger partial charge in [-0.1, -0.05) is 42.5 Å². The van der Waals surface area contributed by atoms with Crippen molar-refractivity contribution in [2.45, 2.75) is 17.7 Å². The SMILES string of the molecule is Sc1cccc(CCc2ccccc2)c1. The Morgan fingerprint density at radius 3 is 2.13 bits per heavy atom. The molecule has 1 heteroatoms. The molecule has 0 N–H and O–H groups in total. The largest absolute Gasteiger partial charge is 0.143 e. The third kappa shape index (κ3) is 3.14. The Balaban J connectivity index is 1.99. The average Bonchev–Trinajstić information content (AvgIpc) is 2.28. The Morgan fingerprint density at radius 1 is 0.733 bits per heavy atom. The van der Waals surface area contributed by atoms with Crippen LogP contribution in [0.1, 0.15) is 11.1 Å². The van der Waals surface area contributed by atoms with Crippen LogP contribution in [0.5, 0.6) is 0 Å². The molecule has 0 unspecified atom stereocenters. The molecular weight excluding hydrogens is 200 g/mol. The third-order valence-electron chi connectivity index (χ3n) is 2.46. The lowest BCUT2D eigenvalue weighted by Crippen LogP contribution is -1.90. The van der Waals surface area contributed by atoms with Crippen molar-refractivity contribution in [3.05, 3.63) is 65.7 Å². The van der Waals surface area contributed by atoms with Crippen molar-refractivity contribution in [2.75, 3.05) is 0 Å². The van der Waals surface area contributed by atoms with Gasteiger partial charge in [0.15, 0.2) is 0 Å². The predicted octanol–water partition coefficient (Wildman–Crippen LogP) is 3.76. The van der Waals surface area contributed by atoms with Crippen molar-refractivity contribution in [3.63, 3.8) is 0 Å². The Morgan fingerprint density at radius 2 is 1.40 bits per heavy atom. The first-order valence-electron chi connectivity index (χ1n) is 5.16. The van der Waals surface area contributed by atoms with Crippen LogP contribution in [0.4, 0.5) is 0 Å². The van der Waals surface area contributed by atoms with Crippen LogP contribution in [-0.4, -0.2) is 0 Å². The van der Waals surface area contributed by atoms with Crippen molar-refractivity contribution < 1.29 is 0 Å². The van der Waals surface area contributed by atoms with Gasteiger partial charge in [0.2, 0.25) is 0 Å². The van der Waals surface area contributed by atoms with Crippen molar-refractivity contribution >= 4 is 12.6 Å². The maximum absolute atomic E-state index is 4.33. The van der Waals surface area contributed by atoms with E-state index in [1.807, 2.05) is 6.07 Å². The standard InChI is InChI=1S/C14H14S/c15-14-8-4-7-13(11-14)10-9-12-5-2-1-3-6-12/h1-8,11,15H,9-10H2. The van der Waals surface area contributed by atoms with Crippen molar-refractivity contribution in [1.29, 1.82) is 0 Å². The van der Waals surface area contributed by atoms with Crippen LogP contribution in [0, 0.1) is 0 Å². The Hall–Kier alpha value is -1.21. The molecule has 0 bridgehead atoms. The Bertz CT molecular complexity index is 420. The van der Waals surface area contributed by atoms with E-state index in [0.29, 0.717) is 0 Å². The van der Waals surface area contributed by atoms with Gasteiger partial charge in [-0.2, -0.15) is 0 Å². The van der Waals surface area contributed by atoms with Crippen LogP contribution in [0.2, 0.25) is 0 Å². The smallest absolute Gasteiger partial charge is 0.00427 e. The van der Waals surface area contributed by atoms with E-state index in [9.17, 15) is 0 Å². The minimum Gasteiger partial charge on any atom is -0.143 e. The molecule has 15 heavy (non-hydrogen) atoms. The number of hydrogen-bond acceptors (Lipinski definition) is 1. The van der Waals surface area contributed by atoms with E-state index in [2.05, 4.69) is 61.2 Å². The molecule has 2 aromatic carbocycles. The van der Waals surface area contributed by atoms with Gasteiger partial charge in [0.25, 0.3) is 0 Å². The lowest BCUT2D eigenvalue weighted by Gasteiger charge is -2.02. The van der Waals surface area contributed by atoms with Gasteiger partial charge in [0.05, 0.1) is 0 Å². The summed E-state index contributed by atoms with van der Waals surface area (Å²) in [6.07, 6.45) is 2.18. The third-order valence-corrected chi connectivity index (χ3v) is 2.73. The number of aryl methyl sites for hydroxylation is 2. The first-order chi connectivity index (χ1) is 7.34. The fourth-order valence-corrected chi connectivity index (χ4v) is 1.90. The van der Waals surface area contributed by atoms with Crippen LogP contribution >= 0.6 is 12.6 Å². The number of thiol groups is 1. The van der Waals surface area contributed by atoms with Crippen molar-refractivity contribution in [3.8, 4) is 0 Å². The molecule has 0 aliphatic heterocycles. The molecule has 0 heterocycles. The molecule has 0 aliphatic rings. The van der Waals surface area contributed by atoms with Crippen LogP contribution < -0.4 is 0 Å². The first kappa shape index (κ1) is 10.3. The number of hydrogen-bond donors (Lipinski definition) is 1. The fourth-order valence-electron chi connectivity index (χ4n) is 1.65. The summed E-state index contributed by atoms with van der Waals surface area (Å²) in [5, 5.41) is 0. The molecule has 0 aromatic heterocycles. The average molecular weight is 214 g/mol. The second-order valence-electron chi connectivity index (χ2n) is 3.66. The van der Waals surface area contributed by atoms with Gasteiger partial charge in [0.1, 0.15) is 0 Å². The molecule has 0 saturated heterocycles. The van der Waals surface area contributed by atoms with Crippen molar-refractivity contribution in [1.82, 2.24) is 0 Å². The van der Waals surface area contributed by atoms with E-state index in [1.54, 1.807) is 0 Å². The zero-order valence-corrected chi connectivity index (χ0v) is 9.45. The molecule has 2 rings (SSSR count). The summed E-state index contributed by atoms with van der Waals surface area (Å²) in [6, 6.07) is 18.9. The predicted molar refractivity (Wildman–Crippen MR) is 67.5 cm³/mol. The van der Waals surface area contributed by atoms with Crippen molar-refractivity contribution in [2.24, 2.45) is 0 Å². The summed E-state index contributed by atoms with van der Waals surface area (Å²) in [4.78, 5) is 1.04. The van der Waals surface area contributed by atoms with Gasteiger partial charge in [-0.15, -0.1) is 12.6 Å². The molecule has 0 amide bonds. The lowest BCUT2D eigenvalue weighted by molar-refractivity contribution is 0.955. The van der Waals surface area contributed by atoms with Gasteiger partial charge < -0.3 is 0 Å². The Labute approximate surface area is 96.4 Å². The summed E-state index contributed by atoms with van der Waals surface area (Å²) in [6.45, 7) is 0. The van der Waals surface area contributed by atoms with E-state index in [4.69, 9.17) is 0 Å². The monoisotopic (exact) mass is 214 g/mol. The van der Waals surface area contributed by atoms with E-state index in [0.717, 1.165) is 17.7 Å². The molecule has 0 fully saturated rings.